The van der Waals surface area contributed by atoms with E-state index in [9.17, 15) is 0 Å². The van der Waals surface area contributed by atoms with Crippen LogP contribution in [0.25, 0.3) is 0 Å². The first-order valence-corrected chi connectivity index (χ1v) is 4.49. The standard InChI is InChI=1S/Fe.Ni.2H3O4P/c;;2*1-5(2,3)4/h;;2*(H3,1,2,3,4)/q2*+2;;/p-4. The number of rotatable bonds is 0. The van der Waals surface area contributed by atoms with E-state index in [0.29, 0.717) is 0 Å². The van der Waals surface area contributed by atoms with Crippen LogP contribution in [0.4, 0.5) is 0 Å². The molecular weight excluding hydrogens is 304 g/mol. The third kappa shape index (κ3) is 774. The molecular formula is H2FeNiO8P2. The van der Waals surface area contributed by atoms with E-state index in [1.165, 1.54) is 0 Å². The van der Waals surface area contributed by atoms with E-state index < -0.39 is 15.6 Å². The Morgan fingerprint density at radius 1 is 0.917 bits per heavy atom. The molecule has 2 N–H and O–H groups in total. The van der Waals surface area contributed by atoms with E-state index in [-0.39, 0.29) is 33.6 Å². The van der Waals surface area contributed by atoms with Gasteiger partial charge in [-0.2, -0.15) is 7.82 Å². The van der Waals surface area contributed by atoms with Gasteiger partial charge in [0.1, 0.15) is 0 Å². The average molecular weight is 306 g/mol. The van der Waals surface area contributed by atoms with Crippen molar-refractivity contribution in [3.05, 3.63) is 0 Å². The Morgan fingerprint density at radius 2 is 0.917 bits per heavy atom. The second kappa shape index (κ2) is 8.81. The minimum Gasteiger partial charge on any atom is -0.822 e. The third-order valence-electron chi connectivity index (χ3n) is 0. The Bertz CT molecular complexity index is 129. The zero-order chi connectivity index (χ0) is 9.00. The van der Waals surface area contributed by atoms with Crippen LogP contribution < -0.4 is 19.6 Å². The minimum atomic E-state index is -5.39. The summed E-state index contributed by atoms with van der Waals surface area (Å²) in [4.78, 5) is 48.6. The smallest absolute Gasteiger partial charge is 0.822 e. The van der Waals surface area contributed by atoms with Crippen molar-refractivity contribution in [3.8, 4) is 0 Å². The Balaban J connectivity index is -0.0000000457. The van der Waals surface area contributed by atoms with E-state index in [1.54, 1.807) is 0 Å². The fourth-order valence-electron chi connectivity index (χ4n) is 0. The second-order valence-corrected chi connectivity index (χ2v) is 2.81. The average Bonchev–Trinajstić information content (AvgIpc) is 1.12. The second-order valence-electron chi connectivity index (χ2n) is 0.938. The van der Waals surface area contributed by atoms with Crippen LogP contribution in [0.15, 0.2) is 0 Å². The van der Waals surface area contributed by atoms with Crippen molar-refractivity contribution in [1.29, 1.82) is 0 Å². The monoisotopic (exact) mass is 306 g/mol. The molecule has 8 nitrogen and oxygen atoms in total. The molecule has 0 heterocycles. The van der Waals surface area contributed by atoms with Crippen molar-refractivity contribution >= 4 is 15.6 Å². The molecule has 0 aromatic heterocycles. The van der Waals surface area contributed by atoms with Gasteiger partial charge in [0.25, 0.3) is 7.82 Å². The minimum absolute atomic E-state index is 0. The topological polar surface area (TPSA) is 167 Å². The zero-order valence-corrected chi connectivity index (χ0v) is 8.79. The molecule has 78 valence electrons. The molecule has 0 rings (SSSR count). The molecule has 0 aromatic rings. The first-order valence-electron chi connectivity index (χ1n) is 1.50. The summed E-state index contributed by atoms with van der Waals surface area (Å²) in [6.07, 6.45) is 0. The summed E-state index contributed by atoms with van der Waals surface area (Å²) in [6, 6.07) is 0. The molecule has 0 radical (unpaired) electrons. The van der Waals surface area contributed by atoms with Crippen LogP contribution in [0.3, 0.4) is 0 Å². The molecule has 12 heteroatoms. The normalized spacial score (nSPS) is 9.83. The third-order valence-corrected chi connectivity index (χ3v) is 0. The zero-order valence-electron chi connectivity index (χ0n) is 4.91. The first kappa shape index (κ1) is 23.2. The fourth-order valence-corrected chi connectivity index (χ4v) is 0. The van der Waals surface area contributed by atoms with Crippen molar-refractivity contribution in [1.82, 2.24) is 0 Å². The molecule has 0 saturated heterocycles. The summed E-state index contributed by atoms with van der Waals surface area (Å²) >= 11 is 0. The van der Waals surface area contributed by atoms with Gasteiger partial charge in [-0.3, -0.25) is 4.57 Å². The molecule has 0 aliphatic rings. The predicted octanol–water partition coefficient (Wildman–Crippen LogP) is -4.39. The molecule has 0 aliphatic carbocycles. The van der Waals surface area contributed by atoms with E-state index in [1.807, 2.05) is 0 Å². The summed E-state index contributed by atoms with van der Waals surface area (Å²) in [5, 5.41) is 0. The summed E-state index contributed by atoms with van der Waals surface area (Å²) in [6.45, 7) is 0. The number of hydrogen-bond donors (Lipinski definition) is 2. The predicted molar refractivity (Wildman–Crippen MR) is 19.7 cm³/mol. The molecule has 0 amide bonds. The van der Waals surface area contributed by atoms with Crippen LogP contribution >= 0.6 is 15.6 Å². The van der Waals surface area contributed by atoms with Crippen LogP contribution in [0.1, 0.15) is 0 Å². The van der Waals surface area contributed by atoms with Crippen molar-refractivity contribution in [2.75, 3.05) is 0 Å². The Morgan fingerprint density at radius 3 is 0.917 bits per heavy atom. The molecule has 0 atom stereocenters. The Kier molecular flexibility index (Phi) is 17.1. The van der Waals surface area contributed by atoms with Crippen molar-refractivity contribution in [3.63, 3.8) is 0 Å². The summed E-state index contributed by atoms with van der Waals surface area (Å²) in [5.41, 5.74) is 0. The van der Waals surface area contributed by atoms with Gasteiger partial charge in [0.2, 0.25) is 0 Å². The van der Waals surface area contributed by atoms with Crippen molar-refractivity contribution in [2.45, 2.75) is 0 Å². The molecule has 0 bridgehead atoms. The summed E-state index contributed by atoms with van der Waals surface area (Å²) in [7, 11) is -10.3. The largest absolute Gasteiger partial charge is 2.00 e. The Labute approximate surface area is 87.9 Å². The fraction of sp³-hybridized carbons (Fsp3) is 0. The van der Waals surface area contributed by atoms with Crippen LogP contribution in [0.5, 0.6) is 0 Å². The van der Waals surface area contributed by atoms with Crippen LogP contribution in [0, 0.1) is 0 Å². The molecule has 0 unspecified atom stereocenters. The van der Waals surface area contributed by atoms with E-state index in [2.05, 4.69) is 0 Å². The van der Waals surface area contributed by atoms with E-state index in [4.69, 9.17) is 38.5 Å². The SMILES string of the molecule is O=P([O-])(O)O.O=P([O-])([O-])[O-].[Fe+2].[Ni+2]. The van der Waals surface area contributed by atoms with Gasteiger partial charge in [-0.25, -0.2) is 0 Å². The molecule has 0 aliphatic heterocycles. The maximum absolute atomic E-state index is 8.77. The van der Waals surface area contributed by atoms with Crippen LogP contribution in [-0.4, -0.2) is 9.79 Å². The van der Waals surface area contributed by atoms with Gasteiger partial charge < -0.3 is 33.9 Å². The molecule has 12 heavy (non-hydrogen) atoms. The molecule has 0 fully saturated rings. The summed E-state index contributed by atoms with van der Waals surface area (Å²) in [5.74, 6) is 0. The van der Waals surface area contributed by atoms with Crippen LogP contribution in [0.2, 0.25) is 0 Å². The first-order chi connectivity index (χ1) is 4.00. The molecule has 0 spiro atoms. The number of hydrogen-bond acceptors (Lipinski definition) is 6. The van der Waals surface area contributed by atoms with Crippen molar-refractivity contribution in [2.24, 2.45) is 0 Å². The van der Waals surface area contributed by atoms with E-state index >= 15 is 0 Å². The van der Waals surface area contributed by atoms with Gasteiger partial charge in [-0.05, 0) is 0 Å². The molecule has 0 saturated carbocycles. The van der Waals surface area contributed by atoms with Crippen LogP contribution in [-0.2, 0) is 42.7 Å². The van der Waals surface area contributed by atoms with Gasteiger partial charge >= 0.3 is 33.6 Å². The summed E-state index contributed by atoms with van der Waals surface area (Å²) < 4.78 is 17.3. The quantitative estimate of drug-likeness (QED) is 0.334. The van der Waals surface area contributed by atoms with Gasteiger partial charge in [0.15, 0.2) is 0 Å². The van der Waals surface area contributed by atoms with Gasteiger partial charge in [-0.1, -0.05) is 0 Å². The number of phosphoric acid groups is 2. The maximum atomic E-state index is 8.77. The van der Waals surface area contributed by atoms with Gasteiger partial charge in [0, 0.05) is 0 Å². The van der Waals surface area contributed by atoms with Gasteiger partial charge in [0.05, 0.1) is 0 Å². The Hall–Kier alpha value is 1.23. The maximum Gasteiger partial charge on any atom is 2.00 e. The van der Waals surface area contributed by atoms with E-state index in [0.717, 1.165) is 0 Å². The van der Waals surface area contributed by atoms with Crippen molar-refractivity contribution < 1.29 is 72.1 Å². The molecule has 0 aromatic carbocycles. The van der Waals surface area contributed by atoms with Gasteiger partial charge in [-0.15, -0.1) is 0 Å².